The van der Waals surface area contributed by atoms with Crippen molar-refractivity contribution in [2.75, 3.05) is 10.5 Å². The van der Waals surface area contributed by atoms with Crippen molar-refractivity contribution in [1.82, 2.24) is 9.78 Å². The minimum Gasteiger partial charge on any atom is -0.398 e. The minimum absolute atomic E-state index is 0.212. The summed E-state index contributed by atoms with van der Waals surface area (Å²) in [5, 5.41) is 4.15. The lowest BCUT2D eigenvalue weighted by Gasteiger charge is -2.13. The van der Waals surface area contributed by atoms with E-state index in [-0.39, 0.29) is 4.90 Å². The van der Waals surface area contributed by atoms with Gasteiger partial charge in [0.2, 0.25) is 0 Å². The fraction of sp³-hybridized carbons (Fsp3) is 0.357. The summed E-state index contributed by atoms with van der Waals surface area (Å²) in [4.78, 5) is 0.212. The highest BCUT2D eigenvalue weighted by Crippen LogP contribution is 2.28. The molecule has 0 saturated carbocycles. The van der Waals surface area contributed by atoms with Crippen LogP contribution in [-0.2, 0) is 17.1 Å². The van der Waals surface area contributed by atoms with Crippen LogP contribution in [0.15, 0.2) is 17.0 Å². The first-order valence-electron chi connectivity index (χ1n) is 6.54. The molecule has 0 spiro atoms. The maximum absolute atomic E-state index is 12.6. The molecule has 0 aliphatic carbocycles. The average Bonchev–Trinajstić information content (AvgIpc) is 2.64. The van der Waals surface area contributed by atoms with Gasteiger partial charge >= 0.3 is 0 Å². The van der Waals surface area contributed by atoms with Crippen LogP contribution < -0.4 is 10.5 Å². The monoisotopic (exact) mass is 308 g/mol. The van der Waals surface area contributed by atoms with Crippen molar-refractivity contribution in [2.45, 2.75) is 32.6 Å². The van der Waals surface area contributed by atoms with E-state index in [9.17, 15) is 8.42 Å². The largest absolute Gasteiger partial charge is 0.398 e. The molecule has 1 aromatic carbocycles. The van der Waals surface area contributed by atoms with Crippen LogP contribution in [0.5, 0.6) is 0 Å². The summed E-state index contributed by atoms with van der Waals surface area (Å²) in [6, 6.07) is 3.52. The molecule has 0 aliphatic heterocycles. The van der Waals surface area contributed by atoms with E-state index in [1.165, 1.54) is 0 Å². The molecule has 21 heavy (non-hydrogen) atoms. The zero-order valence-corrected chi connectivity index (χ0v) is 13.7. The Morgan fingerprint density at radius 1 is 1.19 bits per heavy atom. The molecule has 1 aromatic heterocycles. The molecule has 6 nitrogen and oxygen atoms in total. The number of nitrogens with two attached hydrogens (primary N) is 1. The van der Waals surface area contributed by atoms with Gasteiger partial charge in [-0.2, -0.15) is 5.10 Å². The highest BCUT2D eigenvalue weighted by Gasteiger charge is 2.24. The van der Waals surface area contributed by atoms with E-state index in [0.29, 0.717) is 22.8 Å². The molecule has 2 aromatic rings. The van der Waals surface area contributed by atoms with E-state index in [0.717, 1.165) is 11.1 Å². The SMILES string of the molecule is Cc1ccc(NS(=O)(=O)c2c(C)nn(C)c2C)c(C)c1N. The Hall–Kier alpha value is -2.02. The van der Waals surface area contributed by atoms with Crippen molar-refractivity contribution >= 4 is 21.4 Å². The summed E-state index contributed by atoms with van der Waals surface area (Å²) < 4.78 is 29.4. The number of rotatable bonds is 3. The van der Waals surface area contributed by atoms with E-state index in [2.05, 4.69) is 9.82 Å². The Kier molecular flexibility index (Phi) is 3.71. The number of aryl methyl sites for hydroxylation is 3. The van der Waals surface area contributed by atoms with Gasteiger partial charge in [0, 0.05) is 12.7 Å². The molecule has 1 heterocycles. The fourth-order valence-electron chi connectivity index (χ4n) is 2.31. The predicted molar refractivity (Wildman–Crippen MR) is 83.8 cm³/mol. The van der Waals surface area contributed by atoms with E-state index < -0.39 is 10.0 Å². The molecule has 0 bridgehead atoms. The fourth-order valence-corrected chi connectivity index (χ4v) is 3.88. The van der Waals surface area contributed by atoms with E-state index in [1.807, 2.05) is 6.92 Å². The van der Waals surface area contributed by atoms with Crippen LogP contribution in [0.3, 0.4) is 0 Å². The number of nitrogen functional groups attached to an aromatic ring is 1. The van der Waals surface area contributed by atoms with E-state index >= 15 is 0 Å². The van der Waals surface area contributed by atoms with Crippen LogP contribution in [0.4, 0.5) is 11.4 Å². The summed E-state index contributed by atoms with van der Waals surface area (Å²) in [6.45, 7) is 7.09. The summed E-state index contributed by atoms with van der Waals surface area (Å²) in [6.07, 6.45) is 0. The lowest BCUT2D eigenvalue weighted by atomic mass is 10.1. The normalized spacial score (nSPS) is 11.7. The third-order valence-corrected chi connectivity index (χ3v) is 5.31. The lowest BCUT2D eigenvalue weighted by Crippen LogP contribution is -2.16. The summed E-state index contributed by atoms with van der Waals surface area (Å²) in [5.74, 6) is 0. The highest BCUT2D eigenvalue weighted by molar-refractivity contribution is 7.92. The van der Waals surface area contributed by atoms with Gasteiger partial charge in [-0.1, -0.05) is 6.07 Å². The summed E-state index contributed by atoms with van der Waals surface area (Å²) in [7, 11) is -1.98. The Labute approximate surface area is 125 Å². The lowest BCUT2D eigenvalue weighted by molar-refractivity contribution is 0.599. The van der Waals surface area contributed by atoms with Gasteiger partial charge in [-0.05, 0) is 44.9 Å². The molecule has 0 saturated heterocycles. The second kappa shape index (κ2) is 5.07. The summed E-state index contributed by atoms with van der Waals surface area (Å²) in [5.41, 5.74) is 9.74. The molecule has 0 atom stereocenters. The van der Waals surface area contributed by atoms with Gasteiger partial charge in [-0.15, -0.1) is 0 Å². The zero-order chi connectivity index (χ0) is 15.9. The molecule has 0 aliphatic rings. The van der Waals surface area contributed by atoms with Gasteiger partial charge in [0.1, 0.15) is 4.90 Å². The van der Waals surface area contributed by atoms with Crippen molar-refractivity contribution in [3.8, 4) is 0 Å². The Bertz CT molecular complexity index is 807. The quantitative estimate of drug-likeness (QED) is 0.849. The van der Waals surface area contributed by atoms with Crippen molar-refractivity contribution in [1.29, 1.82) is 0 Å². The number of sulfonamides is 1. The van der Waals surface area contributed by atoms with Gasteiger partial charge in [-0.25, -0.2) is 8.42 Å². The van der Waals surface area contributed by atoms with Crippen LogP contribution >= 0.6 is 0 Å². The topological polar surface area (TPSA) is 90.0 Å². The maximum atomic E-state index is 12.6. The molecule has 2 rings (SSSR count). The highest BCUT2D eigenvalue weighted by atomic mass is 32.2. The molecule has 0 unspecified atom stereocenters. The van der Waals surface area contributed by atoms with Crippen LogP contribution in [0.25, 0.3) is 0 Å². The molecule has 7 heteroatoms. The van der Waals surface area contributed by atoms with Gasteiger partial charge in [-0.3, -0.25) is 9.40 Å². The number of hydrogen-bond donors (Lipinski definition) is 2. The molecule has 114 valence electrons. The number of benzene rings is 1. The van der Waals surface area contributed by atoms with Crippen molar-refractivity contribution in [3.05, 3.63) is 34.6 Å². The average molecular weight is 308 g/mol. The smallest absolute Gasteiger partial charge is 0.265 e. The molecular formula is C14H20N4O2S. The van der Waals surface area contributed by atoms with E-state index in [1.54, 1.807) is 44.6 Å². The van der Waals surface area contributed by atoms with Crippen LogP contribution in [0.1, 0.15) is 22.5 Å². The molecule has 0 fully saturated rings. The van der Waals surface area contributed by atoms with Crippen molar-refractivity contribution < 1.29 is 8.42 Å². The maximum Gasteiger partial charge on any atom is 0.265 e. The minimum atomic E-state index is -3.69. The van der Waals surface area contributed by atoms with Crippen LogP contribution in [0, 0.1) is 27.7 Å². The Morgan fingerprint density at radius 2 is 1.81 bits per heavy atom. The van der Waals surface area contributed by atoms with Crippen molar-refractivity contribution in [3.63, 3.8) is 0 Å². The standard InChI is InChI=1S/C14H20N4O2S/c1-8-6-7-12(9(2)13(8)15)17-21(19,20)14-10(3)16-18(5)11(14)4/h6-7,17H,15H2,1-5H3. The molecule has 0 amide bonds. The van der Waals surface area contributed by atoms with Gasteiger partial charge < -0.3 is 5.73 Å². The van der Waals surface area contributed by atoms with E-state index in [4.69, 9.17) is 5.73 Å². The number of nitrogens with zero attached hydrogens (tertiary/aromatic N) is 2. The van der Waals surface area contributed by atoms with Gasteiger partial charge in [0.05, 0.1) is 17.1 Å². The zero-order valence-electron chi connectivity index (χ0n) is 12.9. The first kappa shape index (κ1) is 15.4. The molecular weight excluding hydrogens is 288 g/mol. The van der Waals surface area contributed by atoms with Gasteiger partial charge in [0.15, 0.2) is 0 Å². The van der Waals surface area contributed by atoms with Crippen LogP contribution in [0.2, 0.25) is 0 Å². The van der Waals surface area contributed by atoms with Crippen molar-refractivity contribution in [2.24, 2.45) is 7.05 Å². The first-order valence-corrected chi connectivity index (χ1v) is 8.02. The molecule has 0 radical (unpaired) electrons. The number of aromatic nitrogens is 2. The Balaban J connectivity index is 2.50. The molecule has 3 N–H and O–H groups in total. The second-order valence-corrected chi connectivity index (χ2v) is 6.82. The number of anilines is 2. The number of hydrogen-bond acceptors (Lipinski definition) is 4. The Morgan fingerprint density at radius 3 is 2.33 bits per heavy atom. The van der Waals surface area contributed by atoms with Gasteiger partial charge in [0.25, 0.3) is 10.0 Å². The summed E-state index contributed by atoms with van der Waals surface area (Å²) >= 11 is 0. The first-order chi connectivity index (χ1) is 9.65. The third-order valence-electron chi connectivity index (χ3n) is 3.69. The van der Waals surface area contributed by atoms with Crippen LogP contribution in [-0.4, -0.2) is 18.2 Å². The number of nitrogens with one attached hydrogen (secondary N) is 1. The third kappa shape index (κ3) is 2.61. The second-order valence-electron chi connectivity index (χ2n) is 5.20. The predicted octanol–water partition coefficient (Wildman–Crippen LogP) is 2.04.